The fourth-order valence-corrected chi connectivity index (χ4v) is 3.18. The van der Waals surface area contributed by atoms with Crippen LogP contribution in [-0.2, 0) is 9.53 Å². The second kappa shape index (κ2) is 9.57. The summed E-state index contributed by atoms with van der Waals surface area (Å²) in [4.78, 5) is 29.2. The van der Waals surface area contributed by atoms with Crippen LogP contribution < -0.4 is 10.1 Å². The Morgan fingerprint density at radius 2 is 1.75 bits per heavy atom. The molecule has 0 saturated heterocycles. The molecule has 0 radical (unpaired) electrons. The largest absolute Gasteiger partial charge is 0.482 e. The molecule has 0 aliphatic rings. The van der Waals surface area contributed by atoms with Crippen molar-refractivity contribution < 1.29 is 19.1 Å². The molecule has 0 spiro atoms. The average Bonchev–Trinajstić information content (AvgIpc) is 2.74. The molecule has 3 aromatic rings. The zero-order chi connectivity index (χ0) is 19.8. The lowest BCUT2D eigenvalue weighted by Crippen LogP contribution is -2.14. The molecule has 7 heteroatoms. The Labute approximate surface area is 166 Å². The molecule has 2 aromatic carbocycles. The molecule has 1 aromatic heterocycles. The van der Waals surface area contributed by atoms with E-state index in [-0.39, 0.29) is 12.5 Å². The lowest BCUT2D eigenvalue weighted by atomic mass is 10.2. The van der Waals surface area contributed by atoms with Crippen molar-refractivity contribution in [2.24, 2.45) is 0 Å². The van der Waals surface area contributed by atoms with Gasteiger partial charge < -0.3 is 14.8 Å². The Morgan fingerprint density at radius 3 is 2.46 bits per heavy atom. The average molecular weight is 394 g/mol. The maximum atomic E-state index is 12.7. The summed E-state index contributed by atoms with van der Waals surface area (Å²) in [7, 11) is 1.30. The van der Waals surface area contributed by atoms with Gasteiger partial charge in [-0.1, -0.05) is 30.0 Å². The van der Waals surface area contributed by atoms with Crippen molar-refractivity contribution in [3.63, 3.8) is 0 Å². The molecular formula is C21H18N2O4S. The third-order valence-corrected chi connectivity index (χ3v) is 4.70. The summed E-state index contributed by atoms with van der Waals surface area (Å²) in [5.41, 5.74) is 1.09. The number of carbonyl (C=O) groups is 2. The number of esters is 1. The van der Waals surface area contributed by atoms with Crippen molar-refractivity contribution in [3.05, 3.63) is 78.5 Å². The molecule has 3 rings (SSSR count). The van der Waals surface area contributed by atoms with Crippen LogP contribution in [0.3, 0.4) is 0 Å². The summed E-state index contributed by atoms with van der Waals surface area (Å²) in [6.45, 7) is -0.169. The number of carbonyl (C=O) groups excluding carboxylic acids is 2. The standard InChI is InChI=1S/C21H18N2O4S/c1-26-19(24)14-27-16-11-9-15(10-12-16)23-20(25)18-8-5-13-22-21(18)28-17-6-3-2-4-7-17/h2-13H,14H2,1H3,(H,23,25). The van der Waals surface area contributed by atoms with Gasteiger partial charge in [0.1, 0.15) is 10.8 Å². The van der Waals surface area contributed by atoms with Gasteiger partial charge in [0, 0.05) is 16.8 Å². The first kappa shape index (κ1) is 19.4. The highest BCUT2D eigenvalue weighted by molar-refractivity contribution is 7.99. The van der Waals surface area contributed by atoms with E-state index in [9.17, 15) is 9.59 Å². The molecule has 1 N–H and O–H groups in total. The lowest BCUT2D eigenvalue weighted by Gasteiger charge is -2.10. The minimum atomic E-state index is -0.461. The molecule has 0 unspecified atom stereocenters. The summed E-state index contributed by atoms with van der Waals surface area (Å²) in [5.74, 6) is -0.211. The fourth-order valence-electron chi connectivity index (χ4n) is 2.28. The van der Waals surface area contributed by atoms with Crippen molar-refractivity contribution in [1.82, 2.24) is 4.98 Å². The molecule has 1 amide bonds. The van der Waals surface area contributed by atoms with Crippen LogP contribution in [0.25, 0.3) is 0 Å². The topological polar surface area (TPSA) is 77.5 Å². The Balaban J connectivity index is 1.67. The van der Waals surface area contributed by atoms with Crippen molar-refractivity contribution in [1.29, 1.82) is 0 Å². The molecule has 0 bridgehead atoms. The van der Waals surface area contributed by atoms with Crippen molar-refractivity contribution in [2.45, 2.75) is 9.92 Å². The maximum absolute atomic E-state index is 12.7. The summed E-state index contributed by atoms with van der Waals surface area (Å²) < 4.78 is 9.81. The van der Waals surface area contributed by atoms with E-state index in [2.05, 4.69) is 15.0 Å². The van der Waals surface area contributed by atoms with E-state index in [4.69, 9.17) is 4.74 Å². The van der Waals surface area contributed by atoms with Crippen LogP contribution in [-0.4, -0.2) is 30.6 Å². The van der Waals surface area contributed by atoms with Gasteiger partial charge in [-0.15, -0.1) is 0 Å². The van der Waals surface area contributed by atoms with Gasteiger partial charge >= 0.3 is 5.97 Å². The van der Waals surface area contributed by atoms with Gasteiger partial charge in [0.05, 0.1) is 12.7 Å². The number of benzene rings is 2. The maximum Gasteiger partial charge on any atom is 0.343 e. The van der Waals surface area contributed by atoms with E-state index >= 15 is 0 Å². The van der Waals surface area contributed by atoms with Crippen LogP contribution in [0.1, 0.15) is 10.4 Å². The minimum absolute atomic E-state index is 0.169. The number of nitrogens with zero attached hydrogens (tertiary/aromatic N) is 1. The number of amides is 1. The number of aromatic nitrogens is 1. The quantitative estimate of drug-likeness (QED) is 0.610. The Morgan fingerprint density at radius 1 is 1.00 bits per heavy atom. The van der Waals surface area contributed by atoms with Gasteiger partial charge in [0.2, 0.25) is 0 Å². The fraction of sp³-hybridized carbons (Fsp3) is 0.0952. The summed E-state index contributed by atoms with van der Waals surface area (Å²) in [6.07, 6.45) is 1.66. The third kappa shape index (κ3) is 5.34. The van der Waals surface area contributed by atoms with Gasteiger partial charge in [-0.25, -0.2) is 9.78 Å². The van der Waals surface area contributed by atoms with Crippen LogP contribution in [0.4, 0.5) is 5.69 Å². The van der Waals surface area contributed by atoms with Gasteiger partial charge in [-0.3, -0.25) is 4.79 Å². The zero-order valence-corrected chi connectivity index (χ0v) is 15.9. The minimum Gasteiger partial charge on any atom is -0.482 e. The molecule has 0 atom stereocenters. The number of anilines is 1. The highest BCUT2D eigenvalue weighted by atomic mass is 32.2. The van der Waals surface area contributed by atoms with Crippen molar-refractivity contribution in [3.8, 4) is 5.75 Å². The molecule has 142 valence electrons. The smallest absolute Gasteiger partial charge is 0.343 e. The van der Waals surface area contributed by atoms with Crippen molar-refractivity contribution in [2.75, 3.05) is 19.0 Å². The number of hydrogen-bond acceptors (Lipinski definition) is 6. The van der Waals surface area contributed by atoms with E-state index in [0.717, 1.165) is 4.90 Å². The predicted octanol–water partition coefficient (Wildman–Crippen LogP) is 4.04. The van der Waals surface area contributed by atoms with E-state index in [1.165, 1.54) is 18.9 Å². The van der Waals surface area contributed by atoms with E-state index < -0.39 is 5.97 Å². The molecule has 6 nitrogen and oxygen atoms in total. The van der Waals surface area contributed by atoms with Crippen LogP contribution in [0.5, 0.6) is 5.75 Å². The van der Waals surface area contributed by atoms with Crippen LogP contribution in [0.15, 0.2) is 82.8 Å². The second-order valence-corrected chi connectivity index (χ2v) is 6.68. The molecule has 0 aliphatic carbocycles. The van der Waals surface area contributed by atoms with Gasteiger partial charge in [0.15, 0.2) is 6.61 Å². The highest BCUT2D eigenvalue weighted by Gasteiger charge is 2.14. The Kier molecular flexibility index (Phi) is 6.64. The summed E-state index contributed by atoms with van der Waals surface area (Å²) in [5, 5.41) is 3.48. The van der Waals surface area contributed by atoms with Crippen LogP contribution >= 0.6 is 11.8 Å². The molecular weight excluding hydrogens is 376 g/mol. The summed E-state index contributed by atoms with van der Waals surface area (Å²) >= 11 is 1.43. The first-order valence-electron chi connectivity index (χ1n) is 8.44. The second-order valence-electron chi connectivity index (χ2n) is 5.61. The normalized spacial score (nSPS) is 10.2. The number of hydrogen-bond donors (Lipinski definition) is 1. The lowest BCUT2D eigenvalue weighted by molar-refractivity contribution is -0.142. The molecule has 0 fully saturated rings. The molecule has 0 aliphatic heterocycles. The predicted molar refractivity (Wildman–Crippen MR) is 107 cm³/mol. The summed E-state index contributed by atoms with van der Waals surface area (Å²) in [6, 6.07) is 20.0. The van der Waals surface area contributed by atoms with E-state index in [1.54, 1.807) is 42.6 Å². The number of nitrogens with one attached hydrogen (secondary N) is 1. The van der Waals surface area contributed by atoms with Gasteiger partial charge in [-0.05, 0) is 48.5 Å². The zero-order valence-electron chi connectivity index (χ0n) is 15.1. The number of pyridine rings is 1. The number of rotatable bonds is 7. The van der Waals surface area contributed by atoms with Gasteiger partial charge in [-0.2, -0.15) is 0 Å². The molecule has 28 heavy (non-hydrogen) atoms. The Bertz CT molecular complexity index is 946. The Hall–Kier alpha value is -3.32. The van der Waals surface area contributed by atoms with Crippen molar-refractivity contribution >= 4 is 29.3 Å². The van der Waals surface area contributed by atoms with Gasteiger partial charge in [0.25, 0.3) is 5.91 Å². The molecule has 1 heterocycles. The van der Waals surface area contributed by atoms with Crippen LogP contribution in [0.2, 0.25) is 0 Å². The van der Waals surface area contributed by atoms with E-state index in [1.807, 2.05) is 30.3 Å². The highest BCUT2D eigenvalue weighted by Crippen LogP contribution is 2.28. The SMILES string of the molecule is COC(=O)COc1ccc(NC(=O)c2cccnc2Sc2ccccc2)cc1. The first-order valence-corrected chi connectivity index (χ1v) is 9.26. The first-order chi connectivity index (χ1) is 13.7. The number of ether oxygens (including phenoxy) is 2. The number of methoxy groups -OCH3 is 1. The van der Waals surface area contributed by atoms with Crippen LogP contribution in [0, 0.1) is 0 Å². The monoisotopic (exact) mass is 394 g/mol. The molecule has 0 saturated carbocycles. The third-order valence-electron chi connectivity index (χ3n) is 3.67. The van der Waals surface area contributed by atoms with E-state index in [0.29, 0.717) is 22.0 Å².